The van der Waals surface area contributed by atoms with Crippen LogP contribution in [0.25, 0.3) is 12.2 Å². The summed E-state index contributed by atoms with van der Waals surface area (Å²) in [4.78, 5) is 0. The van der Waals surface area contributed by atoms with E-state index in [1.807, 2.05) is 47.6 Å². The van der Waals surface area contributed by atoms with Crippen molar-refractivity contribution >= 4 is 12.2 Å². The van der Waals surface area contributed by atoms with Crippen LogP contribution in [0.4, 0.5) is 0 Å². The summed E-state index contributed by atoms with van der Waals surface area (Å²) in [5.41, 5.74) is 1.02. The van der Waals surface area contributed by atoms with E-state index in [9.17, 15) is 0 Å². The van der Waals surface area contributed by atoms with Crippen molar-refractivity contribution in [3.63, 3.8) is 0 Å². The first-order valence-electron chi connectivity index (χ1n) is 11.8. The van der Waals surface area contributed by atoms with Gasteiger partial charge in [-0.05, 0) is 36.1 Å². The molecule has 1 radical (unpaired) electrons. The van der Waals surface area contributed by atoms with E-state index in [4.69, 9.17) is 6.58 Å². The zero-order valence-corrected chi connectivity index (χ0v) is 23.7. The molecule has 169 valence electrons. The third kappa shape index (κ3) is 19.2. The van der Waals surface area contributed by atoms with E-state index in [-0.39, 0.29) is 32.7 Å². The fraction of sp³-hybridized carbons (Fsp3) is 0.400. The fourth-order valence-electron chi connectivity index (χ4n) is 2.59. The molecular formula is C30H44Y-2. The van der Waals surface area contributed by atoms with Gasteiger partial charge in [0.25, 0.3) is 0 Å². The maximum absolute atomic E-state index is 5.23. The molecule has 0 nitrogen and oxygen atoms in total. The first-order valence-corrected chi connectivity index (χ1v) is 11.8. The molecular weight excluding hydrogens is 449 g/mol. The van der Waals surface area contributed by atoms with Crippen molar-refractivity contribution < 1.29 is 32.7 Å². The molecule has 0 fully saturated rings. The smallest absolute Gasteiger partial charge is 0 e. The monoisotopic (exact) mass is 493 g/mol. The Labute approximate surface area is 219 Å². The third-order valence-electron chi connectivity index (χ3n) is 3.90. The van der Waals surface area contributed by atoms with Crippen molar-refractivity contribution in [2.45, 2.75) is 80.1 Å². The maximum Gasteiger partial charge on any atom is 0 e. The number of hydrogen-bond acceptors (Lipinski definition) is 0. The minimum Gasteiger partial charge on any atom is -0.361 e. The zero-order chi connectivity index (χ0) is 22.9. The molecule has 0 saturated carbocycles. The quantitative estimate of drug-likeness (QED) is 0.347. The summed E-state index contributed by atoms with van der Waals surface area (Å²) in [5.74, 6) is 0. The normalized spacial score (nSPS) is 13.5. The topological polar surface area (TPSA) is 0 Å². The molecule has 1 heteroatoms. The molecule has 1 aromatic carbocycles. The van der Waals surface area contributed by atoms with Crippen LogP contribution in [0.5, 0.6) is 0 Å². The van der Waals surface area contributed by atoms with Gasteiger partial charge in [0, 0.05) is 32.7 Å². The Bertz CT molecular complexity index is 698. The predicted octanol–water partition coefficient (Wildman–Crippen LogP) is 8.07. The molecule has 0 unspecified atom stereocenters. The van der Waals surface area contributed by atoms with E-state index in [2.05, 4.69) is 72.9 Å². The summed E-state index contributed by atoms with van der Waals surface area (Å²) in [6, 6.07) is 8.53. The molecule has 31 heavy (non-hydrogen) atoms. The van der Waals surface area contributed by atoms with Gasteiger partial charge in [0.1, 0.15) is 0 Å². The molecule has 0 heterocycles. The SMILES string of the molecule is C1=CCCC=C1.C1=c2ccccc2=CCC1.CC.CC.CC.[CH-]=CC1=CCCC=[C-]1.[Y]. The van der Waals surface area contributed by atoms with E-state index in [0.29, 0.717) is 0 Å². The van der Waals surface area contributed by atoms with Crippen LogP contribution >= 0.6 is 0 Å². The number of hydrogen-bond donors (Lipinski definition) is 0. The standard InChI is InChI=1S/C10H10.C8H8.C6H8.3C2H6.Y/c1-2-6-10-8-4-3-7-9(10)5-1;1-2-8-6-4-3-5-7-8;1-2-4-6-5-3-1;3*1-2;/h1-2,5-8H,3-4H2;1-2,4,7H,3,5H2;1-4H,5-6H2;3*1-2H3;/q;-2;;;;;. The minimum atomic E-state index is 0. The first-order chi connectivity index (χ1) is 14.9. The van der Waals surface area contributed by atoms with Gasteiger partial charge in [-0.15, -0.1) is 0 Å². The average Bonchev–Trinajstić information content (AvgIpc) is 2.90. The Morgan fingerprint density at radius 3 is 1.42 bits per heavy atom. The van der Waals surface area contributed by atoms with Gasteiger partial charge in [0.2, 0.25) is 0 Å². The van der Waals surface area contributed by atoms with Crippen molar-refractivity contribution in [1.82, 2.24) is 0 Å². The van der Waals surface area contributed by atoms with E-state index in [1.165, 1.54) is 36.1 Å². The Kier molecular flexibility index (Phi) is 31.9. The van der Waals surface area contributed by atoms with Crippen LogP contribution in [0.1, 0.15) is 80.1 Å². The molecule has 0 atom stereocenters. The minimum absolute atomic E-state index is 0. The molecule has 0 N–H and O–H groups in total. The Morgan fingerprint density at radius 2 is 1.13 bits per heavy atom. The van der Waals surface area contributed by atoms with Gasteiger partial charge in [0.05, 0.1) is 0 Å². The Morgan fingerprint density at radius 1 is 0.677 bits per heavy atom. The summed E-state index contributed by atoms with van der Waals surface area (Å²) >= 11 is 0. The number of allylic oxidation sites excluding steroid dienone is 9. The number of benzene rings is 1. The van der Waals surface area contributed by atoms with Crippen LogP contribution in [-0.2, 0) is 32.7 Å². The summed E-state index contributed by atoms with van der Waals surface area (Å²) in [6.45, 7) is 17.2. The molecule has 1 aromatic rings. The van der Waals surface area contributed by atoms with E-state index < -0.39 is 0 Å². The van der Waals surface area contributed by atoms with Crippen molar-refractivity contribution in [3.8, 4) is 0 Å². The molecule has 4 rings (SSSR count). The molecule has 0 amide bonds. The van der Waals surface area contributed by atoms with Crippen LogP contribution < -0.4 is 10.4 Å². The van der Waals surface area contributed by atoms with Gasteiger partial charge >= 0.3 is 0 Å². The summed E-state index contributed by atoms with van der Waals surface area (Å²) < 4.78 is 0. The second-order valence-electron chi connectivity index (χ2n) is 5.80. The molecule has 3 aliphatic carbocycles. The van der Waals surface area contributed by atoms with Gasteiger partial charge in [-0.25, -0.2) is 0 Å². The second kappa shape index (κ2) is 28.8. The fourth-order valence-corrected chi connectivity index (χ4v) is 2.59. The zero-order valence-electron chi connectivity index (χ0n) is 20.9. The third-order valence-corrected chi connectivity index (χ3v) is 3.90. The van der Waals surface area contributed by atoms with Crippen LogP contribution in [0.3, 0.4) is 0 Å². The second-order valence-corrected chi connectivity index (χ2v) is 5.80. The van der Waals surface area contributed by atoms with Gasteiger partial charge in [-0.2, -0.15) is 6.08 Å². The molecule has 0 bridgehead atoms. The van der Waals surface area contributed by atoms with Crippen molar-refractivity contribution in [1.29, 1.82) is 0 Å². The van der Waals surface area contributed by atoms with Crippen LogP contribution in [0, 0.1) is 12.7 Å². The largest absolute Gasteiger partial charge is 0.361 e. The van der Waals surface area contributed by atoms with Crippen molar-refractivity contribution in [2.75, 3.05) is 0 Å². The molecule has 3 aliphatic rings. The van der Waals surface area contributed by atoms with E-state index in [1.54, 1.807) is 6.08 Å². The van der Waals surface area contributed by atoms with Gasteiger partial charge in [-0.3, -0.25) is 12.2 Å². The molecule has 0 aromatic heterocycles. The van der Waals surface area contributed by atoms with E-state index >= 15 is 0 Å². The van der Waals surface area contributed by atoms with Gasteiger partial charge in [-0.1, -0.05) is 115 Å². The predicted molar refractivity (Wildman–Crippen MR) is 139 cm³/mol. The Balaban J connectivity index is -0.000000340. The number of fused-ring (bicyclic) bond motifs is 1. The van der Waals surface area contributed by atoms with Gasteiger partial charge < -0.3 is 18.2 Å². The average molecular weight is 494 g/mol. The van der Waals surface area contributed by atoms with Crippen molar-refractivity contribution in [3.05, 3.63) is 95.5 Å². The first kappa shape index (κ1) is 34.4. The summed E-state index contributed by atoms with van der Waals surface area (Å²) in [6.07, 6.45) is 28.9. The molecule has 0 aliphatic heterocycles. The summed E-state index contributed by atoms with van der Waals surface area (Å²) in [5, 5.41) is 2.79. The van der Waals surface area contributed by atoms with Crippen LogP contribution in [0.15, 0.2) is 72.4 Å². The van der Waals surface area contributed by atoms with Gasteiger partial charge in [0.15, 0.2) is 0 Å². The van der Waals surface area contributed by atoms with Crippen molar-refractivity contribution in [2.24, 2.45) is 0 Å². The van der Waals surface area contributed by atoms with Crippen LogP contribution in [-0.4, -0.2) is 0 Å². The Hall–Kier alpha value is -1.24. The number of rotatable bonds is 1. The summed E-state index contributed by atoms with van der Waals surface area (Å²) in [7, 11) is 0. The maximum atomic E-state index is 5.23. The van der Waals surface area contributed by atoms with Crippen LogP contribution in [0.2, 0.25) is 0 Å². The molecule has 0 saturated heterocycles. The van der Waals surface area contributed by atoms with E-state index in [0.717, 1.165) is 18.4 Å². The molecule has 0 spiro atoms.